The molecule has 0 N–H and O–H groups in total. The SMILES string of the molecule is C=CC(=O)Oc1ccc(C=Cc2ccc3c(c2)c2ccccc2n3Cc2ccc(C)cc2)cc1. The van der Waals surface area contributed by atoms with Crippen molar-refractivity contribution in [1.29, 1.82) is 0 Å². The summed E-state index contributed by atoms with van der Waals surface area (Å²) in [7, 11) is 0. The van der Waals surface area contributed by atoms with Gasteiger partial charge in [0.2, 0.25) is 0 Å². The average molecular weight is 444 g/mol. The Morgan fingerprint density at radius 3 is 2.26 bits per heavy atom. The van der Waals surface area contributed by atoms with Gasteiger partial charge in [0.1, 0.15) is 5.75 Å². The number of carbonyl (C=O) groups is 1. The van der Waals surface area contributed by atoms with Crippen LogP contribution in [-0.2, 0) is 11.3 Å². The third-order valence-corrected chi connectivity index (χ3v) is 5.99. The zero-order valence-corrected chi connectivity index (χ0v) is 19.1. The molecule has 0 saturated heterocycles. The first-order chi connectivity index (χ1) is 16.6. The van der Waals surface area contributed by atoms with Gasteiger partial charge in [0.05, 0.1) is 0 Å². The minimum Gasteiger partial charge on any atom is -0.423 e. The zero-order chi connectivity index (χ0) is 23.5. The number of hydrogen-bond donors (Lipinski definition) is 0. The van der Waals surface area contributed by atoms with Gasteiger partial charge in [-0.25, -0.2) is 4.79 Å². The topological polar surface area (TPSA) is 31.2 Å². The van der Waals surface area contributed by atoms with E-state index in [1.54, 1.807) is 12.1 Å². The molecule has 0 amide bonds. The number of esters is 1. The summed E-state index contributed by atoms with van der Waals surface area (Å²) in [6, 6.07) is 31.4. The first-order valence-corrected chi connectivity index (χ1v) is 11.3. The highest BCUT2D eigenvalue weighted by Crippen LogP contribution is 2.31. The summed E-state index contributed by atoms with van der Waals surface area (Å²) < 4.78 is 7.53. The Hall–Kier alpha value is -4.37. The van der Waals surface area contributed by atoms with Crippen LogP contribution in [0, 0.1) is 6.92 Å². The van der Waals surface area contributed by atoms with Crippen LogP contribution in [0.25, 0.3) is 34.0 Å². The lowest BCUT2D eigenvalue weighted by Crippen LogP contribution is -2.02. The van der Waals surface area contributed by atoms with E-state index in [1.165, 1.54) is 32.9 Å². The Bertz CT molecular complexity index is 1520. The number of benzene rings is 4. The minimum absolute atomic E-state index is 0.460. The smallest absolute Gasteiger partial charge is 0.335 e. The molecule has 5 aromatic rings. The fraction of sp³-hybridized carbons (Fsp3) is 0.0645. The van der Waals surface area contributed by atoms with Crippen LogP contribution < -0.4 is 4.74 Å². The Kier molecular flexibility index (Phi) is 5.84. The number of carbonyl (C=O) groups excluding carboxylic acids is 1. The number of rotatable bonds is 6. The standard InChI is InChI=1S/C31H25NO2/c1-3-31(33)34-26-17-14-23(15-18-26)12-13-24-16-19-30-28(20-24)27-6-4-5-7-29(27)32(30)21-25-10-8-22(2)9-11-25/h3-20H,1,21H2,2H3. The van der Waals surface area contributed by atoms with Gasteiger partial charge in [0.25, 0.3) is 0 Å². The van der Waals surface area contributed by atoms with Gasteiger partial charge in [0, 0.05) is 34.4 Å². The van der Waals surface area contributed by atoms with Crippen LogP contribution in [0.5, 0.6) is 5.75 Å². The second-order valence-electron chi connectivity index (χ2n) is 8.39. The minimum atomic E-state index is -0.460. The summed E-state index contributed by atoms with van der Waals surface area (Å²) in [6.45, 7) is 6.37. The first-order valence-electron chi connectivity index (χ1n) is 11.3. The molecular weight excluding hydrogens is 418 g/mol. The lowest BCUT2D eigenvalue weighted by atomic mass is 10.1. The number of aromatic nitrogens is 1. The Morgan fingerprint density at radius 1 is 0.824 bits per heavy atom. The third kappa shape index (κ3) is 4.41. The summed E-state index contributed by atoms with van der Waals surface area (Å²) >= 11 is 0. The van der Waals surface area contributed by atoms with Crippen LogP contribution >= 0.6 is 0 Å². The van der Waals surface area contributed by atoms with Crippen LogP contribution in [0.1, 0.15) is 22.3 Å². The summed E-state index contributed by atoms with van der Waals surface area (Å²) in [5.74, 6) is 0.0444. The molecule has 0 aliphatic rings. The average Bonchev–Trinajstić information content (AvgIpc) is 3.18. The van der Waals surface area contributed by atoms with Crippen LogP contribution in [0.2, 0.25) is 0 Å². The molecule has 0 fully saturated rings. The highest BCUT2D eigenvalue weighted by molar-refractivity contribution is 6.08. The summed E-state index contributed by atoms with van der Waals surface area (Å²) in [4.78, 5) is 11.3. The van der Waals surface area contributed by atoms with E-state index in [0.29, 0.717) is 5.75 Å². The fourth-order valence-corrected chi connectivity index (χ4v) is 4.22. The number of para-hydroxylation sites is 1. The summed E-state index contributed by atoms with van der Waals surface area (Å²) in [5, 5.41) is 2.50. The number of nitrogens with zero attached hydrogens (tertiary/aromatic N) is 1. The molecule has 5 rings (SSSR count). The summed E-state index contributed by atoms with van der Waals surface area (Å²) in [6.07, 6.45) is 5.32. The molecule has 0 spiro atoms. The molecule has 3 nitrogen and oxygen atoms in total. The number of ether oxygens (including phenoxy) is 1. The van der Waals surface area contributed by atoms with Crippen molar-refractivity contribution in [2.24, 2.45) is 0 Å². The number of fused-ring (bicyclic) bond motifs is 3. The monoisotopic (exact) mass is 443 g/mol. The predicted octanol–water partition coefficient (Wildman–Crippen LogP) is 7.41. The molecule has 1 aromatic heterocycles. The lowest BCUT2D eigenvalue weighted by Gasteiger charge is -2.08. The molecular formula is C31H25NO2. The van der Waals surface area contributed by atoms with E-state index in [-0.39, 0.29) is 0 Å². The van der Waals surface area contributed by atoms with E-state index in [1.807, 2.05) is 12.1 Å². The van der Waals surface area contributed by atoms with Gasteiger partial charge in [-0.1, -0.05) is 85.0 Å². The molecule has 0 saturated carbocycles. The number of hydrogen-bond acceptors (Lipinski definition) is 2. The maximum atomic E-state index is 11.3. The predicted molar refractivity (Wildman–Crippen MR) is 141 cm³/mol. The highest BCUT2D eigenvalue weighted by atomic mass is 16.5. The van der Waals surface area contributed by atoms with Crippen molar-refractivity contribution < 1.29 is 9.53 Å². The summed E-state index contributed by atoms with van der Waals surface area (Å²) in [5.41, 5.74) is 7.19. The van der Waals surface area contributed by atoms with Gasteiger partial charge in [-0.15, -0.1) is 0 Å². The van der Waals surface area contributed by atoms with E-state index in [2.05, 4.69) is 97.0 Å². The van der Waals surface area contributed by atoms with Gasteiger partial charge in [-0.2, -0.15) is 0 Å². The third-order valence-electron chi connectivity index (χ3n) is 5.99. The van der Waals surface area contributed by atoms with Crippen molar-refractivity contribution in [1.82, 2.24) is 4.57 Å². The van der Waals surface area contributed by atoms with E-state index < -0.39 is 5.97 Å². The normalized spacial score (nSPS) is 11.3. The molecule has 0 aliphatic carbocycles. The molecule has 3 heteroatoms. The van der Waals surface area contributed by atoms with Crippen molar-refractivity contribution in [2.75, 3.05) is 0 Å². The molecule has 166 valence electrons. The molecule has 4 aromatic carbocycles. The highest BCUT2D eigenvalue weighted by Gasteiger charge is 2.11. The van der Waals surface area contributed by atoms with E-state index in [4.69, 9.17) is 4.74 Å². The molecule has 0 radical (unpaired) electrons. The van der Waals surface area contributed by atoms with Crippen LogP contribution in [0.3, 0.4) is 0 Å². The van der Waals surface area contributed by atoms with Crippen molar-refractivity contribution in [3.05, 3.63) is 126 Å². The van der Waals surface area contributed by atoms with Gasteiger partial charge in [0.15, 0.2) is 0 Å². The Labute approximate surface area is 199 Å². The molecule has 0 aliphatic heterocycles. The van der Waals surface area contributed by atoms with Gasteiger partial charge in [-0.3, -0.25) is 0 Å². The van der Waals surface area contributed by atoms with Crippen LogP contribution in [-0.4, -0.2) is 10.5 Å². The van der Waals surface area contributed by atoms with Crippen molar-refractivity contribution in [2.45, 2.75) is 13.5 Å². The maximum absolute atomic E-state index is 11.3. The van der Waals surface area contributed by atoms with Gasteiger partial charge in [-0.05, 0) is 53.9 Å². The van der Waals surface area contributed by atoms with E-state index in [0.717, 1.165) is 23.7 Å². The lowest BCUT2D eigenvalue weighted by molar-refractivity contribution is -0.128. The van der Waals surface area contributed by atoms with Crippen LogP contribution in [0.15, 0.2) is 104 Å². The molecule has 1 heterocycles. The van der Waals surface area contributed by atoms with E-state index in [9.17, 15) is 4.79 Å². The molecule has 0 unspecified atom stereocenters. The van der Waals surface area contributed by atoms with Crippen LogP contribution in [0.4, 0.5) is 0 Å². The second kappa shape index (κ2) is 9.24. The second-order valence-corrected chi connectivity index (χ2v) is 8.39. The molecule has 0 atom stereocenters. The van der Waals surface area contributed by atoms with Crippen molar-refractivity contribution in [3.8, 4) is 5.75 Å². The molecule has 34 heavy (non-hydrogen) atoms. The first kappa shape index (κ1) is 21.5. The Morgan fingerprint density at radius 2 is 1.50 bits per heavy atom. The fourth-order valence-electron chi connectivity index (χ4n) is 4.22. The largest absolute Gasteiger partial charge is 0.423 e. The van der Waals surface area contributed by atoms with Gasteiger partial charge < -0.3 is 9.30 Å². The Balaban J connectivity index is 1.46. The van der Waals surface area contributed by atoms with E-state index >= 15 is 0 Å². The number of aryl methyl sites for hydroxylation is 1. The quantitative estimate of drug-likeness (QED) is 0.118. The van der Waals surface area contributed by atoms with Crippen molar-refractivity contribution in [3.63, 3.8) is 0 Å². The maximum Gasteiger partial charge on any atom is 0.335 e. The zero-order valence-electron chi connectivity index (χ0n) is 19.1. The van der Waals surface area contributed by atoms with Gasteiger partial charge >= 0.3 is 5.97 Å². The molecule has 0 bridgehead atoms. The van der Waals surface area contributed by atoms with Crippen molar-refractivity contribution >= 4 is 39.9 Å².